The van der Waals surface area contributed by atoms with Crippen LogP contribution in [-0.2, 0) is 12.6 Å². The van der Waals surface area contributed by atoms with Gasteiger partial charge in [-0.3, -0.25) is 15.6 Å². The predicted molar refractivity (Wildman–Crippen MR) is 99.2 cm³/mol. The van der Waals surface area contributed by atoms with Crippen molar-refractivity contribution in [3.05, 3.63) is 64.7 Å². The summed E-state index contributed by atoms with van der Waals surface area (Å²) in [6.45, 7) is 1.79. The molecule has 2 aromatic rings. The molecule has 1 amide bonds. The highest BCUT2D eigenvalue weighted by Gasteiger charge is 2.30. The number of benzene rings is 2. The molecule has 3 N–H and O–H groups in total. The van der Waals surface area contributed by atoms with Crippen LogP contribution >= 0.6 is 0 Å². The molecule has 0 spiro atoms. The molecule has 0 aromatic heterocycles. The smallest absolute Gasteiger partial charge is 0.416 e. The van der Waals surface area contributed by atoms with E-state index in [1.165, 1.54) is 6.07 Å². The van der Waals surface area contributed by atoms with Crippen LogP contribution in [0.1, 0.15) is 33.0 Å². The highest BCUT2D eigenvalue weighted by Crippen LogP contribution is 2.30. The van der Waals surface area contributed by atoms with Crippen LogP contribution in [-0.4, -0.2) is 32.7 Å². The lowest BCUT2D eigenvalue weighted by Crippen LogP contribution is -2.26. The van der Waals surface area contributed by atoms with Crippen molar-refractivity contribution in [3.8, 4) is 5.75 Å². The molecular formula is C20H22F3N3O2. The molecule has 28 heavy (non-hydrogen) atoms. The van der Waals surface area contributed by atoms with Gasteiger partial charge in [0.2, 0.25) is 0 Å². The van der Waals surface area contributed by atoms with Gasteiger partial charge in [-0.1, -0.05) is 24.3 Å². The number of ether oxygens (including phenoxy) is 1. The Morgan fingerprint density at radius 2 is 1.93 bits per heavy atom. The van der Waals surface area contributed by atoms with Gasteiger partial charge in [-0.25, -0.2) is 0 Å². The monoisotopic (exact) mass is 393 g/mol. The zero-order valence-corrected chi connectivity index (χ0v) is 15.4. The molecule has 1 fully saturated rings. The summed E-state index contributed by atoms with van der Waals surface area (Å²) in [6, 6.07) is 10.4. The number of hydrogen-bond acceptors (Lipinski definition) is 4. The number of alkyl halides is 3. The third-order valence-electron chi connectivity index (χ3n) is 4.71. The van der Waals surface area contributed by atoms with E-state index in [0.29, 0.717) is 23.3 Å². The van der Waals surface area contributed by atoms with Crippen molar-refractivity contribution in [1.82, 2.24) is 16.2 Å². The van der Waals surface area contributed by atoms with Crippen LogP contribution in [0.25, 0.3) is 0 Å². The SMILES string of the molecule is COc1cc(C(=O)NCCc2cccc(C(F)(F)F)c2)ccc1C1CNNC1. The van der Waals surface area contributed by atoms with E-state index in [0.717, 1.165) is 30.8 Å². The summed E-state index contributed by atoms with van der Waals surface area (Å²) in [4.78, 5) is 12.4. The molecule has 0 radical (unpaired) electrons. The second-order valence-electron chi connectivity index (χ2n) is 6.62. The number of amides is 1. The summed E-state index contributed by atoms with van der Waals surface area (Å²) in [6.07, 6.45) is -4.06. The fourth-order valence-electron chi connectivity index (χ4n) is 3.20. The number of carbonyl (C=O) groups excluding carboxylic acids is 1. The van der Waals surface area contributed by atoms with Crippen LogP contribution in [0, 0.1) is 0 Å². The zero-order valence-electron chi connectivity index (χ0n) is 15.4. The van der Waals surface area contributed by atoms with E-state index < -0.39 is 11.7 Å². The van der Waals surface area contributed by atoms with Crippen LogP contribution < -0.4 is 20.9 Å². The van der Waals surface area contributed by atoms with Crippen LogP contribution in [0.4, 0.5) is 13.2 Å². The summed E-state index contributed by atoms with van der Waals surface area (Å²) in [5.41, 5.74) is 7.41. The molecule has 1 aliphatic heterocycles. The van der Waals surface area contributed by atoms with E-state index in [1.807, 2.05) is 6.07 Å². The van der Waals surface area contributed by atoms with Crippen molar-refractivity contribution in [2.75, 3.05) is 26.7 Å². The fraction of sp³-hybridized carbons (Fsp3) is 0.350. The molecule has 1 saturated heterocycles. The molecule has 0 bridgehead atoms. The number of hydrogen-bond donors (Lipinski definition) is 3. The Labute approximate surface area is 161 Å². The predicted octanol–water partition coefficient (Wildman–Crippen LogP) is 2.88. The summed E-state index contributed by atoms with van der Waals surface area (Å²) in [5.74, 6) is 0.605. The number of rotatable bonds is 6. The van der Waals surface area contributed by atoms with Crippen molar-refractivity contribution < 1.29 is 22.7 Å². The van der Waals surface area contributed by atoms with Crippen LogP contribution in [0.2, 0.25) is 0 Å². The van der Waals surface area contributed by atoms with Gasteiger partial charge in [-0.2, -0.15) is 13.2 Å². The lowest BCUT2D eigenvalue weighted by Gasteiger charge is -2.15. The van der Waals surface area contributed by atoms with Gasteiger partial charge < -0.3 is 10.1 Å². The molecule has 2 aromatic carbocycles. The van der Waals surface area contributed by atoms with Gasteiger partial charge in [0.1, 0.15) is 5.75 Å². The highest BCUT2D eigenvalue weighted by atomic mass is 19.4. The largest absolute Gasteiger partial charge is 0.496 e. The Balaban J connectivity index is 1.60. The molecule has 150 valence electrons. The minimum atomic E-state index is -4.37. The first-order valence-electron chi connectivity index (χ1n) is 8.96. The highest BCUT2D eigenvalue weighted by molar-refractivity contribution is 5.94. The van der Waals surface area contributed by atoms with Gasteiger partial charge in [0.05, 0.1) is 12.7 Å². The molecule has 1 aliphatic rings. The van der Waals surface area contributed by atoms with Gasteiger partial charge in [0, 0.05) is 31.1 Å². The summed E-state index contributed by atoms with van der Waals surface area (Å²) in [7, 11) is 1.56. The van der Waals surface area contributed by atoms with Crippen LogP contribution in [0.5, 0.6) is 5.75 Å². The molecular weight excluding hydrogens is 371 g/mol. The van der Waals surface area contributed by atoms with Crippen molar-refractivity contribution >= 4 is 5.91 Å². The lowest BCUT2D eigenvalue weighted by atomic mass is 9.97. The number of methoxy groups -OCH3 is 1. The second kappa shape index (κ2) is 8.62. The molecule has 5 nitrogen and oxygen atoms in total. The number of halogens is 3. The van der Waals surface area contributed by atoms with Gasteiger partial charge in [0.15, 0.2) is 0 Å². The van der Waals surface area contributed by atoms with E-state index >= 15 is 0 Å². The Kier molecular flexibility index (Phi) is 6.21. The van der Waals surface area contributed by atoms with E-state index in [2.05, 4.69) is 16.2 Å². The lowest BCUT2D eigenvalue weighted by molar-refractivity contribution is -0.137. The first kappa shape index (κ1) is 20.2. The first-order chi connectivity index (χ1) is 13.4. The zero-order chi connectivity index (χ0) is 20.1. The van der Waals surface area contributed by atoms with E-state index in [-0.39, 0.29) is 18.4 Å². The Morgan fingerprint density at radius 3 is 2.61 bits per heavy atom. The summed E-state index contributed by atoms with van der Waals surface area (Å²) in [5, 5.41) is 2.75. The molecule has 1 heterocycles. The second-order valence-corrected chi connectivity index (χ2v) is 6.62. The Bertz CT molecular complexity index is 834. The third kappa shape index (κ3) is 4.82. The van der Waals surface area contributed by atoms with Crippen molar-refractivity contribution in [3.63, 3.8) is 0 Å². The van der Waals surface area contributed by atoms with Crippen molar-refractivity contribution in [1.29, 1.82) is 0 Å². The Morgan fingerprint density at radius 1 is 1.18 bits per heavy atom. The van der Waals surface area contributed by atoms with Gasteiger partial charge in [-0.15, -0.1) is 0 Å². The minimum Gasteiger partial charge on any atom is -0.496 e. The fourth-order valence-corrected chi connectivity index (χ4v) is 3.20. The van der Waals surface area contributed by atoms with Gasteiger partial charge >= 0.3 is 6.18 Å². The number of carbonyl (C=O) groups is 1. The summed E-state index contributed by atoms with van der Waals surface area (Å²) < 4.78 is 43.7. The van der Waals surface area contributed by atoms with Gasteiger partial charge in [-0.05, 0) is 35.7 Å². The third-order valence-corrected chi connectivity index (χ3v) is 4.71. The molecule has 3 rings (SSSR count). The molecule has 8 heteroatoms. The van der Waals surface area contributed by atoms with Crippen LogP contribution in [0.3, 0.4) is 0 Å². The average Bonchev–Trinajstić information content (AvgIpc) is 3.21. The van der Waals surface area contributed by atoms with E-state index in [1.54, 1.807) is 25.3 Å². The van der Waals surface area contributed by atoms with Crippen molar-refractivity contribution in [2.24, 2.45) is 0 Å². The normalized spacial score (nSPS) is 14.9. The minimum absolute atomic E-state index is 0.237. The maximum atomic E-state index is 12.8. The maximum Gasteiger partial charge on any atom is 0.416 e. The quantitative estimate of drug-likeness (QED) is 0.706. The topological polar surface area (TPSA) is 62.4 Å². The average molecular weight is 393 g/mol. The first-order valence-corrected chi connectivity index (χ1v) is 8.96. The maximum absolute atomic E-state index is 12.8. The standard InChI is InChI=1S/C20H22F3N3O2/c1-28-18-10-14(5-6-17(18)15-11-25-26-12-15)19(27)24-8-7-13-3-2-4-16(9-13)20(21,22)23/h2-6,9-10,15,25-26H,7-8,11-12H2,1H3,(H,24,27). The molecule has 0 unspecified atom stereocenters. The number of hydrazine groups is 1. The van der Waals surface area contributed by atoms with E-state index in [4.69, 9.17) is 4.74 Å². The van der Waals surface area contributed by atoms with Crippen molar-refractivity contribution in [2.45, 2.75) is 18.5 Å². The molecule has 0 aliphatic carbocycles. The molecule has 0 atom stereocenters. The van der Waals surface area contributed by atoms with E-state index in [9.17, 15) is 18.0 Å². The summed E-state index contributed by atoms with van der Waals surface area (Å²) >= 11 is 0. The van der Waals surface area contributed by atoms with Gasteiger partial charge in [0.25, 0.3) is 5.91 Å². The van der Waals surface area contributed by atoms with Crippen LogP contribution in [0.15, 0.2) is 42.5 Å². The Hall–Kier alpha value is -2.58. The number of nitrogens with one attached hydrogen (secondary N) is 3. The molecule has 0 saturated carbocycles.